The summed E-state index contributed by atoms with van der Waals surface area (Å²) in [5.74, 6) is 2.40. The second-order valence-corrected chi connectivity index (χ2v) is 8.24. The number of fused-ring (bicyclic) bond motifs is 2. The van der Waals surface area contributed by atoms with Gasteiger partial charge < -0.3 is 14.4 Å². The summed E-state index contributed by atoms with van der Waals surface area (Å²) in [6.45, 7) is 2.93. The highest BCUT2D eigenvalue weighted by Gasteiger charge is 2.43. The predicted octanol–water partition coefficient (Wildman–Crippen LogP) is 3.29. The molecule has 0 N–H and O–H groups in total. The molecule has 2 heterocycles. The van der Waals surface area contributed by atoms with Gasteiger partial charge in [-0.25, -0.2) is 0 Å². The average molecular weight is 378 g/mol. The maximum atomic E-state index is 13.1. The Kier molecular flexibility index (Phi) is 4.27. The molecule has 0 aromatic heterocycles. The molecular weight excluding hydrogens is 352 g/mol. The zero-order valence-corrected chi connectivity index (χ0v) is 16.4. The maximum Gasteiger partial charge on any atom is 0.257 e. The van der Waals surface area contributed by atoms with Gasteiger partial charge in [0.05, 0.1) is 18.7 Å². The third kappa shape index (κ3) is 3.14. The molecule has 0 spiro atoms. The molecule has 5 nitrogen and oxygen atoms in total. The summed E-state index contributed by atoms with van der Waals surface area (Å²) in [6, 6.07) is 13.9. The van der Waals surface area contributed by atoms with Gasteiger partial charge >= 0.3 is 0 Å². The monoisotopic (exact) mass is 378 g/mol. The lowest BCUT2D eigenvalue weighted by Crippen LogP contribution is -2.44. The Morgan fingerprint density at radius 2 is 1.93 bits per heavy atom. The van der Waals surface area contributed by atoms with Gasteiger partial charge in [-0.2, -0.15) is 0 Å². The molecule has 1 saturated heterocycles. The summed E-state index contributed by atoms with van der Waals surface area (Å²) in [4.78, 5) is 17.4. The topological polar surface area (TPSA) is 42.0 Å². The Labute approximate surface area is 165 Å². The van der Waals surface area contributed by atoms with E-state index in [1.165, 1.54) is 12.8 Å². The minimum atomic E-state index is 0.0227. The van der Waals surface area contributed by atoms with Crippen molar-refractivity contribution in [3.63, 3.8) is 0 Å². The van der Waals surface area contributed by atoms with Crippen molar-refractivity contribution >= 4 is 5.91 Å². The quantitative estimate of drug-likeness (QED) is 0.819. The van der Waals surface area contributed by atoms with Crippen LogP contribution in [-0.4, -0.2) is 61.6 Å². The molecule has 1 saturated carbocycles. The van der Waals surface area contributed by atoms with Gasteiger partial charge in [0, 0.05) is 26.7 Å². The standard InChI is InChI=1S/C23H26N2O3/c1-24-20-13-25(12-15-6-7-15)14-22(20)28-21-11-17(8-9-19(21)23(24)26)16-4-3-5-18(10-16)27-2/h3-5,8-11,15,20,22H,6-7,12-14H2,1-2H3/t20-,22+/m1/s1. The van der Waals surface area contributed by atoms with Crippen molar-refractivity contribution in [2.24, 2.45) is 5.92 Å². The number of likely N-dealkylation sites (tertiary alicyclic amines) is 1. The molecule has 146 valence electrons. The number of likely N-dealkylation sites (N-methyl/N-ethyl adjacent to an activating group) is 1. The van der Waals surface area contributed by atoms with E-state index < -0.39 is 0 Å². The number of benzene rings is 2. The summed E-state index contributed by atoms with van der Waals surface area (Å²) in [6.07, 6.45) is 2.71. The summed E-state index contributed by atoms with van der Waals surface area (Å²) in [7, 11) is 3.58. The lowest BCUT2D eigenvalue weighted by molar-refractivity contribution is 0.0682. The van der Waals surface area contributed by atoms with E-state index in [0.717, 1.165) is 42.4 Å². The van der Waals surface area contributed by atoms with Crippen LogP contribution in [0.5, 0.6) is 11.5 Å². The number of amides is 1. The van der Waals surface area contributed by atoms with Gasteiger partial charge in [0.2, 0.25) is 0 Å². The number of nitrogens with zero attached hydrogens (tertiary/aromatic N) is 2. The number of carbonyl (C=O) groups excluding carboxylic acids is 1. The Morgan fingerprint density at radius 3 is 2.71 bits per heavy atom. The fourth-order valence-electron chi connectivity index (χ4n) is 4.42. The molecule has 0 radical (unpaired) electrons. The van der Waals surface area contributed by atoms with Gasteiger partial charge in [-0.15, -0.1) is 0 Å². The van der Waals surface area contributed by atoms with Crippen LogP contribution in [-0.2, 0) is 0 Å². The molecule has 5 rings (SSSR count). The number of hydrogen-bond acceptors (Lipinski definition) is 4. The smallest absolute Gasteiger partial charge is 0.257 e. The third-order valence-corrected chi connectivity index (χ3v) is 6.24. The largest absolute Gasteiger partial charge is 0.497 e. The Hall–Kier alpha value is -2.53. The van der Waals surface area contributed by atoms with Crippen molar-refractivity contribution in [2.45, 2.75) is 25.0 Å². The molecule has 3 aliphatic rings. The third-order valence-electron chi connectivity index (χ3n) is 6.24. The number of rotatable bonds is 4. The van der Waals surface area contributed by atoms with Gasteiger partial charge in [-0.3, -0.25) is 9.69 Å². The molecule has 5 heteroatoms. The molecule has 2 atom stereocenters. The highest BCUT2D eigenvalue weighted by Crippen LogP contribution is 2.36. The zero-order valence-electron chi connectivity index (χ0n) is 16.4. The lowest BCUT2D eigenvalue weighted by atomic mass is 10.0. The van der Waals surface area contributed by atoms with Crippen molar-refractivity contribution in [1.29, 1.82) is 0 Å². The second kappa shape index (κ2) is 6.82. The van der Waals surface area contributed by atoms with E-state index in [1.807, 2.05) is 54.4 Å². The van der Waals surface area contributed by atoms with Crippen LogP contribution in [0.4, 0.5) is 0 Å². The van der Waals surface area contributed by atoms with Crippen LogP contribution in [0.1, 0.15) is 23.2 Å². The number of ether oxygens (including phenoxy) is 2. The van der Waals surface area contributed by atoms with Crippen LogP contribution in [0.25, 0.3) is 11.1 Å². The van der Waals surface area contributed by atoms with Crippen LogP contribution in [0, 0.1) is 5.92 Å². The van der Waals surface area contributed by atoms with Crippen molar-refractivity contribution in [3.05, 3.63) is 48.0 Å². The first-order valence-electron chi connectivity index (χ1n) is 10.1. The second-order valence-electron chi connectivity index (χ2n) is 8.24. The van der Waals surface area contributed by atoms with E-state index in [2.05, 4.69) is 4.90 Å². The van der Waals surface area contributed by atoms with E-state index in [1.54, 1.807) is 7.11 Å². The average Bonchev–Trinajstić information content (AvgIpc) is 3.46. The van der Waals surface area contributed by atoms with Crippen molar-refractivity contribution in [3.8, 4) is 22.6 Å². The zero-order chi connectivity index (χ0) is 19.3. The van der Waals surface area contributed by atoms with Gasteiger partial charge in [0.25, 0.3) is 5.91 Å². The molecule has 28 heavy (non-hydrogen) atoms. The van der Waals surface area contributed by atoms with Crippen molar-refractivity contribution in [2.75, 3.05) is 33.8 Å². The molecule has 2 aromatic carbocycles. The van der Waals surface area contributed by atoms with Gasteiger partial charge in [0.1, 0.15) is 17.6 Å². The molecule has 0 unspecified atom stereocenters. The summed E-state index contributed by atoms with van der Waals surface area (Å²) < 4.78 is 11.8. The van der Waals surface area contributed by atoms with Crippen LogP contribution >= 0.6 is 0 Å². The Morgan fingerprint density at radius 1 is 1.11 bits per heavy atom. The summed E-state index contributed by atoms with van der Waals surface area (Å²) in [5, 5.41) is 0. The first-order valence-corrected chi connectivity index (χ1v) is 10.1. The lowest BCUT2D eigenvalue weighted by Gasteiger charge is -2.25. The van der Waals surface area contributed by atoms with E-state index in [4.69, 9.17) is 9.47 Å². The fourth-order valence-corrected chi connectivity index (χ4v) is 4.42. The van der Waals surface area contributed by atoms with Crippen LogP contribution in [0.15, 0.2) is 42.5 Å². The molecule has 2 aliphatic heterocycles. The number of methoxy groups -OCH3 is 1. The molecule has 2 aromatic rings. The molecule has 0 bridgehead atoms. The minimum Gasteiger partial charge on any atom is -0.497 e. The van der Waals surface area contributed by atoms with Gasteiger partial charge in [0.15, 0.2) is 0 Å². The number of hydrogen-bond donors (Lipinski definition) is 0. The SMILES string of the molecule is COc1cccc(-c2ccc3c(c2)O[C@H]2CN(CC4CC4)C[C@H]2N(C)C3=O)c1. The van der Waals surface area contributed by atoms with E-state index >= 15 is 0 Å². The molecule has 1 amide bonds. The molecular formula is C23H26N2O3. The van der Waals surface area contributed by atoms with Crippen LogP contribution in [0.2, 0.25) is 0 Å². The highest BCUT2D eigenvalue weighted by atomic mass is 16.5. The predicted molar refractivity (Wildman–Crippen MR) is 108 cm³/mol. The summed E-state index contributed by atoms with van der Waals surface area (Å²) in [5.41, 5.74) is 2.73. The van der Waals surface area contributed by atoms with E-state index in [-0.39, 0.29) is 18.1 Å². The van der Waals surface area contributed by atoms with E-state index in [9.17, 15) is 4.79 Å². The molecule has 2 fully saturated rings. The first kappa shape index (κ1) is 17.6. The summed E-state index contributed by atoms with van der Waals surface area (Å²) >= 11 is 0. The minimum absolute atomic E-state index is 0.0227. The Bertz CT molecular complexity index is 908. The van der Waals surface area contributed by atoms with Crippen molar-refractivity contribution < 1.29 is 14.3 Å². The van der Waals surface area contributed by atoms with Crippen LogP contribution < -0.4 is 9.47 Å². The number of carbonyl (C=O) groups is 1. The first-order chi connectivity index (χ1) is 13.6. The highest BCUT2D eigenvalue weighted by molar-refractivity contribution is 5.98. The van der Waals surface area contributed by atoms with Crippen LogP contribution in [0.3, 0.4) is 0 Å². The molecule has 1 aliphatic carbocycles. The maximum absolute atomic E-state index is 13.1. The Balaban J connectivity index is 1.46. The van der Waals surface area contributed by atoms with Gasteiger partial charge in [-0.05, 0) is 54.2 Å². The van der Waals surface area contributed by atoms with Crippen molar-refractivity contribution in [1.82, 2.24) is 9.80 Å². The normalized spacial score (nSPS) is 24.4. The fraction of sp³-hybridized carbons (Fsp3) is 0.435. The van der Waals surface area contributed by atoms with Gasteiger partial charge in [-0.1, -0.05) is 18.2 Å². The van der Waals surface area contributed by atoms with E-state index in [0.29, 0.717) is 11.3 Å².